The molecule has 0 spiro atoms. The van der Waals surface area contributed by atoms with Gasteiger partial charge in [-0.25, -0.2) is 0 Å². The molecule has 148 valence electrons. The smallest absolute Gasteiger partial charge is 0.254 e. The molecule has 4 rings (SSSR count). The van der Waals surface area contributed by atoms with Gasteiger partial charge < -0.3 is 14.4 Å². The first-order valence-electron chi connectivity index (χ1n) is 9.60. The lowest BCUT2D eigenvalue weighted by Crippen LogP contribution is -2.48. The van der Waals surface area contributed by atoms with E-state index in [1.54, 1.807) is 0 Å². The van der Waals surface area contributed by atoms with Gasteiger partial charge in [0.25, 0.3) is 5.91 Å². The predicted octanol–water partition coefficient (Wildman–Crippen LogP) is 4.06. The molecule has 28 heavy (non-hydrogen) atoms. The van der Waals surface area contributed by atoms with Crippen LogP contribution in [0.3, 0.4) is 0 Å². The van der Waals surface area contributed by atoms with Crippen LogP contribution in [-0.2, 0) is 6.54 Å². The van der Waals surface area contributed by atoms with Gasteiger partial charge in [0.2, 0.25) is 6.79 Å². The number of halogens is 1. The molecule has 2 heterocycles. The molecule has 1 amide bonds. The van der Waals surface area contributed by atoms with Crippen LogP contribution < -0.4 is 9.47 Å². The SMILES string of the molecule is Cc1c(Br)cc(C(=O)N2CCN(Cc3ccc4c(c3)OCO4)CC2)c(C)c1C. The Balaban J connectivity index is 1.40. The highest BCUT2D eigenvalue weighted by Crippen LogP contribution is 2.33. The maximum atomic E-state index is 13.1. The Morgan fingerprint density at radius 3 is 2.43 bits per heavy atom. The number of amides is 1. The van der Waals surface area contributed by atoms with Crippen LogP contribution in [0.1, 0.15) is 32.6 Å². The lowest BCUT2D eigenvalue weighted by atomic mass is 9.98. The van der Waals surface area contributed by atoms with Crippen molar-refractivity contribution in [1.29, 1.82) is 0 Å². The van der Waals surface area contributed by atoms with Crippen LogP contribution in [0, 0.1) is 20.8 Å². The van der Waals surface area contributed by atoms with E-state index in [-0.39, 0.29) is 5.91 Å². The van der Waals surface area contributed by atoms with Gasteiger partial charge >= 0.3 is 0 Å². The van der Waals surface area contributed by atoms with Gasteiger partial charge in [-0.05, 0) is 61.2 Å². The molecule has 2 aromatic rings. The van der Waals surface area contributed by atoms with Crippen LogP contribution >= 0.6 is 15.9 Å². The fraction of sp³-hybridized carbons (Fsp3) is 0.409. The summed E-state index contributed by atoms with van der Waals surface area (Å²) in [6, 6.07) is 8.08. The van der Waals surface area contributed by atoms with Crippen LogP contribution in [0.15, 0.2) is 28.7 Å². The Hall–Kier alpha value is -2.05. The van der Waals surface area contributed by atoms with E-state index in [1.165, 1.54) is 16.7 Å². The van der Waals surface area contributed by atoms with Crippen molar-refractivity contribution in [3.63, 3.8) is 0 Å². The second-order valence-corrected chi connectivity index (χ2v) is 8.39. The molecule has 1 fully saturated rings. The molecule has 1 saturated heterocycles. The molecule has 6 heteroatoms. The molecule has 5 nitrogen and oxygen atoms in total. The average molecular weight is 445 g/mol. The number of fused-ring (bicyclic) bond motifs is 1. The van der Waals surface area contributed by atoms with Crippen molar-refractivity contribution in [3.05, 3.63) is 56.6 Å². The summed E-state index contributed by atoms with van der Waals surface area (Å²) in [5.74, 6) is 1.76. The zero-order valence-corrected chi connectivity index (χ0v) is 18.1. The highest BCUT2D eigenvalue weighted by Gasteiger charge is 2.25. The molecule has 2 aromatic carbocycles. The van der Waals surface area contributed by atoms with Gasteiger partial charge in [-0.3, -0.25) is 9.69 Å². The van der Waals surface area contributed by atoms with Crippen molar-refractivity contribution < 1.29 is 14.3 Å². The van der Waals surface area contributed by atoms with Crippen LogP contribution in [0.4, 0.5) is 0 Å². The lowest BCUT2D eigenvalue weighted by Gasteiger charge is -2.35. The van der Waals surface area contributed by atoms with Crippen molar-refractivity contribution in [1.82, 2.24) is 9.80 Å². The van der Waals surface area contributed by atoms with E-state index in [0.717, 1.165) is 59.8 Å². The fourth-order valence-corrected chi connectivity index (χ4v) is 4.33. The largest absolute Gasteiger partial charge is 0.454 e. The highest BCUT2D eigenvalue weighted by molar-refractivity contribution is 9.10. The molecular weight excluding hydrogens is 420 g/mol. The Morgan fingerprint density at radius 1 is 0.964 bits per heavy atom. The Labute approximate surface area is 174 Å². The molecule has 2 aliphatic heterocycles. The van der Waals surface area contributed by atoms with Crippen LogP contribution in [-0.4, -0.2) is 48.7 Å². The summed E-state index contributed by atoms with van der Waals surface area (Å²) in [5.41, 5.74) is 5.47. The first kappa shape index (κ1) is 19.3. The molecule has 0 unspecified atom stereocenters. The van der Waals surface area contributed by atoms with E-state index in [9.17, 15) is 4.79 Å². The zero-order chi connectivity index (χ0) is 19.8. The second-order valence-electron chi connectivity index (χ2n) is 7.54. The van der Waals surface area contributed by atoms with E-state index >= 15 is 0 Å². The first-order valence-corrected chi connectivity index (χ1v) is 10.4. The van der Waals surface area contributed by atoms with E-state index < -0.39 is 0 Å². The van der Waals surface area contributed by atoms with Crippen LogP contribution in [0.25, 0.3) is 0 Å². The second kappa shape index (κ2) is 7.76. The van der Waals surface area contributed by atoms with Crippen molar-refractivity contribution in [2.45, 2.75) is 27.3 Å². The average Bonchev–Trinajstić information content (AvgIpc) is 3.17. The zero-order valence-electron chi connectivity index (χ0n) is 16.5. The topological polar surface area (TPSA) is 42.0 Å². The summed E-state index contributed by atoms with van der Waals surface area (Å²) in [7, 11) is 0. The minimum Gasteiger partial charge on any atom is -0.454 e. The predicted molar refractivity (Wildman–Crippen MR) is 112 cm³/mol. The monoisotopic (exact) mass is 444 g/mol. The normalized spacial score (nSPS) is 16.5. The van der Waals surface area contributed by atoms with Crippen LogP contribution in [0.2, 0.25) is 0 Å². The van der Waals surface area contributed by atoms with E-state index in [0.29, 0.717) is 6.79 Å². The summed E-state index contributed by atoms with van der Waals surface area (Å²) in [5, 5.41) is 0. The number of benzene rings is 2. The van der Waals surface area contributed by atoms with Crippen molar-refractivity contribution >= 4 is 21.8 Å². The number of hydrogen-bond donors (Lipinski definition) is 0. The quantitative estimate of drug-likeness (QED) is 0.715. The molecule has 0 aromatic heterocycles. The van der Waals surface area contributed by atoms with E-state index in [4.69, 9.17) is 9.47 Å². The summed E-state index contributed by atoms with van der Waals surface area (Å²) in [4.78, 5) is 17.4. The number of hydrogen-bond acceptors (Lipinski definition) is 4. The molecule has 0 saturated carbocycles. The summed E-state index contributed by atoms with van der Waals surface area (Å²) >= 11 is 3.59. The number of rotatable bonds is 3. The third kappa shape index (κ3) is 3.63. The van der Waals surface area contributed by atoms with E-state index in [1.807, 2.05) is 24.0 Å². The fourth-order valence-electron chi connectivity index (χ4n) is 3.80. The van der Waals surface area contributed by atoms with Crippen LogP contribution in [0.5, 0.6) is 11.5 Å². The summed E-state index contributed by atoms with van der Waals surface area (Å²) < 4.78 is 11.8. The third-order valence-electron chi connectivity index (χ3n) is 5.89. The maximum Gasteiger partial charge on any atom is 0.254 e. The molecule has 2 aliphatic rings. The number of carbonyl (C=O) groups is 1. The number of piperazine rings is 1. The van der Waals surface area contributed by atoms with Crippen molar-refractivity contribution in [2.24, 2.45) is 0 Å². The standard InChI is InChI=1S/C22H25BrN2O3/c1-14-15(2)18(11-19(23)16(14)3)22(26)25-8-6-24(7-9-25)12-17-4-5-20-21(10-17)28-13-27-20/h4-5,10-11H,6-9,12-13H2,1-3H3. The van der Waals surface area contributed by atoms with Gasteiger partial charge in [-0.15, -0.1) is 0 Å². The Morgan fingerprint density at radius 2 is 1.68 bits per heavy atom. The maximum absolute atomic E-state index is 13.1. The molecular formula is C22H25BrN2O3. The minimum absolute atomic E-state index is 0.129. The van der Waals surface area contributed by atoms with Crippen molar-refractivity contribution in [3.8, 4) is 11.5 Å². The lowest BCUT2D eigenvalue weighted by molar-refractivity contribution is 0.0627. The molecule has 0 N–H and O–H groups in total. The highest BCUT2D eigenvalue weighted by atomic mass is 79.9. The van der Waals surface area contributed by atoms with Gasteiger partial charge in [0.05, 0.1) is 0 Å². The molecule has 0 atom stereocenters. The molecule has 0 radical (unpaired) electrons. The minimum atomic E-state index is 0.129. The van der Waals surface area contributed by atoms with Crippen molar-refractivity contribution in [2.75, 3.05) is 33.0 Å². The number of carbonyl (C=O) groups excluding carboxylic acids is 1. The van der Waals surface area contributed by atoms with Gasteiger partial charge in [-0.2, -0.15) is 0 Å². The van der Waals surface area contributed by atoms with E-state index in [2.05, 4.69) is 46.8 Å². The number of nitrogens with zero attached hydrogens (tertiary/aromatic N) is 2. The Kier molecular flexibility index (Phi) is 5.34. The molecule has 0 bridgehead atoms. The summed E-state index contributed by atoms with van der Waals surface area (Å²) in [6.45, 7) is 10.6. The number of ether oxygens (including phenoxy) is 2. The summed E-state index contributed by atoms with van der Waals surface area (Å²) in [6.07, 6.45) is 0. The third-order valence-corrected chi connectivity index (χ3v) is 6.72. The first-order chi connectivity index (χ1) is 13.4. The van der Waals surface area contributed by atoms with Gasteiger partial charge in [0.1, 0.15) is 0 Å². The Bertz CT molecular complexity index is 920. The molecule has 0 aliphatic carbocycles. The van der Waals surface area contributed by atoms with Gasteiger partial charge in [0, 0.05) is 42.8 Å². The van der Waals surface area contributed by atoms with Gasteiger partial charge in [-0.1, -0.05) is 22.0 Å². The van der Waals surface area contributed by atoms with Gasteiger partial charge in [0.15, 0.2) is 11.5 Å².